The Bertz CT molecular complexity index is 1090. The number of methoxy groups -OCH3 is 1. The van der Waals surface area contributed by atoms with E-state index in [-0.39, 0.29) is 10.8 Å². The van der Waals surface area contributed by atoms with E-state index in [4.69, 9.17) is 9.26 Å². The van der Waals surface area contributed by atoms with Gasteiger partial charge in [-0.15, -0.1) is 0 Å². The molecule has 2 aromatic carbocycles. The number of nitrogens with zero attached hydrogens (tertiary/aromatic N) is 2. The van der Waals surface area contributed by atoms with Crippen LogP contribution in [0.3, 0.4) is 0 Å². The Balaban J connectivity index is 2.00. The number of hydrogen-bond donors (Lipinski definition) is 1. The van der Waals surface area contributed by atoms with Crippen LogP contribution in [0.25, 0.3) is 11.5 Å². The third-order valence-corrected chi connectivity index (χ3v) is 5.65. The molecule has 0 spiro atoms. The molecule has 0 radical (unpaired) electrons. The monoisotopic (exact) mass is 401 g/mol. The van der Waals surface area contributed by atoms with E-state index in [0.717, 1.165) is 17.5 Å². The largest absolute Gasteiger partial charge is 0.496 e. The molecule has 0 atom stereocenters. The highest BCUT2D eigenvalue weighted by Gasteiger charge is 2.21. The average Bonchev–Trinajstić information content (AvgIpc) is 3.13. The fourth-order valence-electron chi connectivity index (χ4n) is 2.76. The number of hydrogen-bond acceptors (Lipinski definition) is 6. The average molecular weight is 401 g/mol. The first kappa shape index (κ1) is 19.9. The molecule has 0 aliphatic heterocycles. The fourth-order valence-corrected chi connectivity index (χ4v) is 3.91. The van der Waals surface area contributed by atoms with Gasteiger partial charge in [0.05, 0.1) is 23.3 Å². The normalized spacial score (nSPS) is 11.4. The minimum Gasteiger partial charge on any atom is -0.496 e. The van der Waals surface area contributed by atoms with E-state index >= 15 is 0 Å². The zero-order chi connectivity index (χ0) is 20.3. The van der Waals surface area contributed by atoms with Crippen molar-refractivity contribution in [3.8, 4) is 17.2 Å². The number of nitrogens with one attached hydrogen (secondary N) is 1. The van der Waals surface area contributed by atoms with Crippen LogP contribution in [0.1, 0.15) is 30.3 Å². The molecule has 0 amide bonds. The predicted octanol–water partition coefficient (Wildman–Crippen LogP) is 4.12. The lowest BCUT2D eigenvalue weighted by molar-refractivity contribution is 0.402. The van der Waals surface area contributed by atoms with Crippen molar-refractivity contribution < 1.29 is 17.7 Å². The van der Waals surface area contributed by atoms with Crippen molar-refractivity contribution in [1.29, 1.82) is 0 Å². The summed E-state index contributed by atoms with van der Waals surface area (Å²) in [5.41, 5.74) is 2.78. The minimum atomic E-state index is -3.81. The van der Waals surface area contributed by atoms with E-state index in [1.807, 2.05) is 32.9 Å². The van der Waals surface area contributed by atoms with Gasteiger partial charge >= 0.3 is 0 Å². The topological polar surface area (TPSA) is 94.3 Å². The molecule has 3 aromatic rings. The van der Waals surface area contributed by atoms with Gasteiger partial charge in [-0.1, -0.05) is 24.2 Å². The molecule has 0 aliphatic rings. The van der Waals surface area contributed by atoms with Crippen molar-refractivity contribution in [3.63, 3.8) is 0 Å². The van der Waals surface area contributed by atoms with Crippen molar-refractivity contribution in [2.45, 2.75) is 38.5 Å². The van der Waals surface area contributed by atoms with Gasteiger partial charge in [0.1, 0.15) is 5.75 Å². The maximum absolute atomic E-state index is 12.9. The van der Waals surface area contributed by atoms with Gasteiger partial charge in [-0.3, -0.25) is 4.72 Å². The first-order chi connectivity index (χ1) is 13.3. The van der Waals surface area contributed by atoms with Crippen LogP contribution in [0.4, 0.5) is 5.69 Å². The highest BCUT2D eigenvalue weighted by atomic mass is 32.2. The highest BCUT2D eigenvalue weighted by Crippen LogP contribution is 2.32. The van der Waals surface area contributed by atoms with E-state index in [2.05, 4.69) is 14.9 Å². The summed E-state index contributed by atoms with van der Waals surface area (Å²) in [4.78, 5) is 4.42. The predicted molar refractivity (Wildman–Crippen MR) is 107 cm³/mol. The SMILES string of the molecule is CCCc1noc(-c2cc(S(=O)(=O)Nc3cc(C)ccc3C)ccc2OC)n1. The van der Waals surface area contributed by atoms with Gasteiger partial charge in [0.2, 0.25) is 0 Å². The van der Waals surface area contributed by atoms with Crippen LogP contribution < -0.4 is 9.46 Å². The smallest absolute Gasteiger partial charge is 0.261 e. The molecule has 3 rings (SSSR count). The van der Waals surface area contributed by atoms with Crippen molar-refractivity contribution in [3.05, 3.63) is 53.3 Å². The van der Waals surface area contributed by atoms with E-state index in [0.29, 0.717) is 29.2 Å². The van der Waals surface area contributed by atoms with Crippen LogP contribution in [-0.2, 0) is 16.4 Å². The maximum atomic E-state index is 12.9. The molecule has 0 saturated heterocycles. The van der Waals surface area contributed by atoms with Crippen LogP contribution in [0.2, 0.25) is 0 Å². The maximum Gasteiger partial charge on any atom is 0.261 e. The fraction of sp³-hybridized carbons (Fsp3) is 0.300. The zero-order valence-electron chi connectivity index (χ0n) is 16.3. The van der Waals surface area contributed by atoms with E-state index < -0.39 is 10.0 Å². The number of benzene rings is 2. The van der Waals surface area contributed by atoms with Gasteiger partial charge in [-0.25, -0.2) is 8.42 Å². The van der Waals surface area contributed by atoms with Crippen LogP contribution in [0.15, 0.2) is 45.8 Å². The molecular weight excluding hydrogens is 378 g/mol. The molecule has 1 N–H and O–H groups in total. The summed E-state index contributed by atoms with van der Waals surface area (Å²) in [5, 5.41) is 3.93. The highest BCUT2D eigenvalue weighted by molar-refractivity contribution is 7.92. The van der Waals surface area contributed by atoms with Gasteiger partial charge < -0.3 is 9.26 Å². The number of anilines is 1. The summed E-state index contributed by atoms with van der Waals surface area (Å²) in [6, 6.07) is 10.2. The first-order valence-electron chi connectivity index (χ1n) is 8.95. The van der Waals surface area contributed by atoms with Gasteiger partial charge in [-0.2, -0.15) is 4.98 Å². The molecule has 0 bridgehead atoms. The Morgan fingerprint density at radius 3 is 2.64 bits per heavy atom. The Hall–Kier alpha value is -2.87. The van der Waals surface area contributed by atoms with E-state index in [1.54, 1.807) is 12.1 Å². The molecule has 0 unspecified atom stereocenters. The summed E-state index contributed by atoms with van der Waals surface area (Å²) >= 11 is 0. The number of aromatic nitrogens is 2. The summed E-state index contributed by atoms with van der Waals surface area (Å²) in [6.45, 7) is 5.78. The first-order valence-corrected chi connectivity index (χ1v) is 10.4. The van der Waals surface area contributed by atoms with Crippen LogP contribution >= 0.6 is 0 Å². The second kappa shape index (κ2) is 8.02. The molecule has 0 fully saturated rings. The Kier molecular flexibility index (Phi) is 5.69. The van der Waals surface area contributed by atoms with Crippen LogP contribution in [-0.4, -0.2) is 25.7 Å². The lowest BCUT2D eigenvalue weighted by Crippen LogP contribution is -2.14. The van der Waals surface area contributed by atoms with Crippen LogP contribution in [0.5, 0.6) is 5.75 Å². The lowest BCUT2D eigenvalue weighted by Gasteiger charge is -2.13. The second-order valence-corrected chi connectivity index (χ2v) is 8.23. The number of rotatable bonds is 7. The lowest BCUT2D eigenvalue weighted by atomic mass is 10.1. The second-order valence-electron chi connectivity index (χ2n) is 6.55. The molecule has 0 saturated carbocycles. The summed E-state index contributed by atoms with van der Waals surface area (Å²) in [6.07, 6.45) is 1.56. The van der Waals surface area contributed by atoms with Crippen molar-refractivity contribution >= 4 is 15.7 Å². The third kappa shape index (κ3) is 4.17. The molecule has 28 heavy (non-hydrogen) atoms. The van der Waals surface area contributed by atoms with Gasteiger partial charge in [0.25, 0.3) is 15.9 Å². The molecular formula is C20H23N3O4S. The Morgan fingerprint density at radius 2 is 1.93 bits per heavy atom. The Morgan fingerprint density at radius 1 is 1.14 bits per heavy atom. The standard InChI is InChI=1S/C20H23N3O4S/c1-5-6-19-21-20(27-22-19)16-12-15(9-10-18(16)26-4)28(24,25)23-17-11-13(2)7-8-14(17)3/h7-12,23H,5-6H2,1-4H3. The molecule has 0 aliphatic carbocycles. The molecule has 1 aromatic heterocycles. The summed E-state index contributed by atoms with van der Waals surface area (Å²) < 4.78 is 39.2. The third-order valence-electron chi connectivity index (χ3n) is 4.29. The summed E-state index contributed by atoms with van der Waals surface area (Å²) in [7, 11) is -2.30. The number of sulfonamides is 1. The number of aryl methyl sites for hydroxylation is 3. The molecule has 8 heteroatoms. The van der Waals surface area contributed by atoms with Gasteiger partial charge in [0, 0.05) is 6.42 Å². The van der Waals surface area contributed by atoms with Crippen molar-refractivity contribution in [2.75, 3.05) is 11.8 Å². The minimum absolute atomic E-state index is 0.0828. The van der Waals surface area contributed by atoms with Crippen molar-refractivity contribution in [1.82, 2.24) is 10.1 Å². The quantitative estimate of drug-likeness (QED) is 0.640. The van der Waals surface area contributed by atoms with Crippen LogP contribution in [0, 0.1) is 13.8 Å². The number of ether oxygens (including phenoxy) is 1. The molecule has 7 nitrogen and oxygen atoms in total. The summed E-state index contributed by atoms with van der Waals surface area (Å²) in [5.74, 6) is 1.25. The van der Waals surface area contributed by atoms with Gasteiger partial charge in [0.15, 0.2) is 5.82 Å². The van der Waals surface area contributed by atoms with E-state index in [9.17, 15) is 8.42 Å². The van der Waals surface area contributed by atoms with Gasteiger partial charge in [-0.05, 0) is 55.7 Å². The molecule has 148 valence electrons. The zero-order valence-corrected chi connectivity index (χ0v) is 17.1. The molecule has 1 heterocycles. The van der Waals surface area contributed by atoms with E-state index in [1.165, 1.54) is 19.2 Å². The van der Waals surface area contributed by atoms with Crippen molar-refractivity contribution in [2.24, 2.45) is 0 Å². The Labute approximate surface area is 164 Å².